The lowest BCUT2D eigenvalue weighted by molar-refractivity contribution is 0.158. The Morgan fingerprint density at radius 3 is 1.75 bits per heavy atom. The minimum absolute atomic E-state index is 1.03. The Morgan fingerprint density at radius 2 is 1.25 bits per heavy atom. The monoisotopic (exact) mass is 222 g/mol. The van der Waals surface area contributed by atoms with Crippen LogP contribution in [0.2, 0.25) is 0 Å². The van der Waals surface area contributed by atoms with Crippen LogP contribution in [0.3, 0.4) is 0 Å². The third kappa shape index (κ3) is 2.81. The summed E-state index contributed by atoms with van der Waals surface area (Å²) in [6.45, 7) is 4.77. The Labute approximate surface area is 102 Å². The van der Waals surface area contributed by atoms with E-state index in [0.717, 1.165) is 23.7 Å². The molecule has 0 heterocycles. The van der Waals surface area contributed by atoms with Gasteiger partial charge in [0.15, 0.2) is 0 Å². The third-order valence-electron chi connectivity index (χ3n) is 5.60. The van der Waals surface area contributed by atoms with Gasteiger partial charge in [-0.05, 0) is 49.4 Å². The molecule has 2 fully saturated rings. The number of hydrogen-bond acceptors (Lipinski definition) is 0. The molecule has 0 aliphatic heterocycles. The lowest BCUT2D eigenvalue weighted by Crippen LogP contribution is -2.24. The summed E-state index contributed by atoms with van der Waals surface area (Å²) in [5, 5.41) is 0. The summed E-state index contributed by atoms with van der Waals surface area (Å²) in [7, 11) is 0. The molecule has 0 aromatic rings. The molecule has 0 atom stereocenters. The van der Waals surface area contributed by atoms with E-state index in [4.69, 9.17) is 0 Å². The van der Waals surface area contributed by atoms with Gasteiger partial charge >= 0.3 is 0 Å². The highest BCUT2D eigenvalue weighted by atomic mass is 14.4. The van der Waals surface area contributed by atoms with Gasteiger partial charge in [0.2, 0.25) is 0 Å². The molecule has 0 radical (unpaired) electrons. The maximum Gasteiger partial charge on any atom is -0.0386 e. The van der Waals surface area contributed by atoms with Gasteiger partial charge in [0.1, 0.15) is 0 Å². The van der Waals surface area contributed by atoms with E-state index >= 15 is 0 Å². The van der Waals surface area contributed by atoms with Gasteiger partial charge < -0.3 is 0 Å². The minimum atomic E-state index is 1.03. The zero-order chi connectivity index (χ0) is 11.4. The van der Waals surface area contributed by atoms with Crippen molar-refractivity contribution in [2.45, 2.75) is 78.1 Å². The lowest BCUT2D eigenvalue weighted by Gasteiger charge is -2.35. The van der Waals surface area contributed by atoms with Crippen LogP contribution < -0.4 is 0 Å². The van der Waals surface area contributed by atoms with E-state index in [9.17, 15) is 0 Å². The van der Waals surface area contributed by atoms with Crippen LogP contribution in [0.25, 0.3) is 0 Å². The van der Waals surface area contributed by atoms with Crippen molar-refractivity contribution >= 4 is 0 Å². The summed E-state index contributed by atoms with van der Waals surface area (Å²) in [5.41, 5.74) is 0. The first-order chi connectivity index (χ1) is 7.85. The van der Waals surface area contributed by atoms with Crippen LogP contribution >= 0.6 is 0 Å². The molecule has 2 saturated carbocycles. The second-order valence-corrected chi connectivity index (χ2v) is 6.30. The van der Waals surface area contributed by atoms with E-state index in [2.05, 4.69) is 13.8 Å². The molecule has 2 rings (SSSR count). The predicted molar refractivity (Wildman–Crippen MR) is 71.5 cm³/mol. The van der Waals surface area contributed by atoms with E-state index in [1.165, 1.54) is 25.7 Å². The molecular formula is C16H30. The quantitative estimate of drug-likeness (QED) is 0.596. The molecule has 0 unspecified atom stereocenters. The van der Waals surface area contributed by atoms with Crippen molar-refractivity contribution in [1.29, 1.82) is 0 Å². The normalized spacial score (nSPS) is 32.4. The summed E-state index contributed by atoms with van der Waals surface area (Å²) >= 11 is 0. The van der Waals surface area contributed by atoms with Crippen molar-refractivity contribution in [2.24, 2.45) is 23.7 Å². The second kappa shape index (κ2) is 6.07. The van der Waals surface area contributed by atoms with Gasteiger partial charge in [-0.2, -0.15) is 0 Å². The molecule has 0 heteroatoms. The molecule has 94 valence electrons. The first-order valence-electron chi connectivity index (χ1n) is 7.85. The van der Waals surface area contributed by atoms with Gasteiger partial charge in [-0.15, -0.1) is 0 Å². The first-order valence-corrected chi connectivity index (χ1v) is 7.85. The van der Waals surface area contributed by atoms with Gasteiger partial charge in [0.25, 0.3) is 0 Å². The summed E-state index contributed by atoms with van der Waals surface area (Å²) in [5.74, 6) is 4.35. The van der Waals surface area contributed by atoms with Crippen LogP contribution in [0.4, 0.5) is 0 Å². The smallest absolute Gasteiger partial charge is 0.0386 e. The second-order valence-electron chi connectivity index (χ2n) is 6.30. The zero-order valence-electron chi connectivity index (χ0n) is 11.4. The maximum atomic E-state index is 2.39. The van der Waals surface area contributed by atoms with Crippen molar-refractivity contribution in [3.05, 3.63) is 0 Å². The minimum Gasteiger partial charge on any atom is -0.0651 e. The third-order valence-corrected chi connectivity index (χ3v) is 5.60. The van der Waals surface area contributed by atoms with Crippen LogP contribution in [0.15, 0.2) is 0 Å². The van der Waals surface area contributed by atoms with Gasteiger partial charge in [-0.3, -0.25) is 0 Å². The van der Waals surface area contributed by atoms with Crippen LogP contribution in [0.1, 0.15) is 78.1 Å². The van der Waals surface area contributed by atoms with Gasteiger partial charge in [-0.25, -0.2) is 0 Å². The molecule has 2 aliphatic rings. The maximum absolute atomic E-state index is 2.39. The summed E-state index contributed by atoms with van der Waals surface area (Å²) in [4.78, 5) is 0. The highest BCUT2D eigenvalue weighted by molar-refractivity contribution is 4.82. The molecule has 0 saturated heterocycles. The average molecular weight is 222 g/mol. The molecule has 2 aliphatic carbocycles. The fraction of sp³-hybridized carbons (Fsp3) is 1.00. The Bertz CT molecular complexity index is 168. The van der Waals surface area contributed by atoms with E-state index in [1.54, 1.807) is 38.5 Å². The standard InChI is InChI=1S/C16H30/c1-3-13(4-2)15-9-11-16(12-10-15)14-7-5-6-8-14/h13-16H,3-12H2,1-2H3. The molecule has 0 nitrogen and oxygen atoms in total. The van der Waals surface area contributed by atoms with Crippen molar-refractivity contribution in [3.63, 3.8) is 0 Å². The lowest BCUT2D eigenvalue weighted by atomic mass is 9.70. The van der Waals surface area contributed by atoms with Crippen molar-refractivity contribution in [3.8, 4) is 0 Å². The molecule has 0 spiro atoms. The summed E-state index contributed by atoms with van der Waals surface area (Å²) in [6, 6.07) is 0. The molecular weight excluding hydrogens is 192 g/mol. The SMILES string of the molecule is CCC(CC)C1CCC(C2CCCC2)CC1. The zero-order valence-corrected chi connectivity index (χ0v) is 11.4. The highest BCUT2D eigenvalue weighted by Gasteiger charge is 2.31. The number of hydrogen-bond donors (Lipinski definition) is 0. The Hall–Kier alpha value is 0. The summed E-state index contributed by atoms with van der Waals surface area (Å²) in [6.07, 6.45) is 15.2. The molecule has 0 N–H and O–H groups in total. The highest BCUT2D eigenvalue weighted by Crippen LogP contribution is 2.43. The van der Waals surface area contributed by atoms with Crippen molar-refractivity contribution in [1.82, 2.24) is 0 Å². The fourth-order valence-corrected chi connectivity index (χ4v) is 4.47. The largest absolute Gasteiger partial charge is 0.0651 e. The Morgan fingerprint density at radius 1 is 0.750 bits per heavy atom. The van der Waals surface area contributed by atoms with Crippen LogP contribution in [0, 0.1) is 23.7 Å². The fourth-order valence-electron chi connectivity index (χ4n) is 4.47. The van der Waals surface area contributed by atoms with Gasteiger partial charge in [0.05, 0.1) is 0 Å². The van der Waals surface area contributed by atoms with E-state index in [1.807, 2.05) is 0 Å². The molecule has 0 bridgehead atoms. The molecule has 0 aromatic carbocycles. The topological polar surface area (TPSA) is 0 Å². The molecule has 16 heavy (non-hydrogen) atoms. The van der Waals surface area contributed by atoms with Crippen molar-refractivity contribution in [2.75, 3.05) is 0 Å². The van der Waals surface area contributed by atoms with E-state index in [0.29, 0.717) is 0 Å². The average Bonchev–Trinajstić information content (AvgIpc) is 2.85. The van der Waals surface area contributed by atoms with E-state index < -0.39 is 0 Å². The summed E-state index contributed by atoms with van der Waals surface area (Å²) < 4.78 is 0. The molecule has 0 aromatic heterocycles. The Kier molecular flexibility index (Phi) is 4.73. The van der Waals surface area contributed by atoms with Crippen LogP contribution in [-0.4, -0.2) is 0 Å². The van der Waals surface area contributed by atoms with Crippen LogP contribution in [-0.2, 0) is 0 Å². The predicted octanol–water partition coefficient (Wildman–Crippen LogP) is 5.42. The van der Waals surface area contributed by atoms with E-state index in [-0.39, 0.29) is 0 Å². The van der Waals surface area contributed by atoms with Gasteiger partial charge in [-0.1, -0.05) is 52.4 Å². The molecule has 0 amide bonds. The Balaban J connectivity index is 1.77. The van der Waals surface area contributed by atoms with Crippen LogP contribution in [0.5, 0.6) is 0 Å². The first kappa shape index (κ1) is 12.5. The number of rotatable bonds is 4. The van der Waals surface area contributed by atoms with Gasteiger partial charge in [0, 0.05) is 0 Å². The van der Waals surface area contributed by atoms with Crippen molar-refractivity contribution < 1.29 is 0 Å².